The zero-order valence-corrected chi connectivity index (χ0v) is 26.3. The maximum Gasteiger partial charge on any atom is 0.408 e. The Labute approximate surface area is 262 Å². The van der Waals surface area contributed by atoms with Crippen molar-refractivity contribution in [1.29, 1.82) is 0 Å². The van der Waals surface area contributed by atoms with E-state index in [0.717, 1.165) is 33.5 Å². The van der Waals surface area contributed by atoms with Gasteiger partial charge in [-0.25, -0.2) is 9.89 Å². The lowest BCUT2D eigenvalue weighted by atomic mass is 9.96. The molecule has 1 atom stereocenters. The predicted octanol–water partition coefficient (Wildman–Crippen LogP) is 5.19. The fraction of sp³-hybridized carbons (Fsp3) is 0.353. The highest BCUT2D eigenvalue weighted by molar-refractivity contribution is 6.00. The minimum Gasteiger partial charge on any atom is -0.444 e. The maximum absolute atomic E-state index is 14.1. The van der Waals surface area contributed by atoms with E-state index in [1.165, 1.54) is 0 Å². The van der Waals surface area contributed by atoms with Gasteiger partial charge in [-0.15, -0.1) is 5.10 Å². The van der Waals surface area contributed by atoms with Gasteiger partial charge in [-0.05, 0) is 92.3 Å². The van der Waals surface area contributed by atoms with Gasteiger partial charge in [0.1, 0.15) is 11.6 Å². The number of aromatic amines is 1. The van der Waals surface area contributed by atoms with Gasteiger partial charge in [0, 0.05) is 23.2 Å². The quantitative estimate of drug-likeness (QED) is 0.250. The molecule has 1 aromatic heterocycles. The third-order valence-electron chi connectivity index (χ3n) is 7.44. The van der Waals surface area contributed by atoms with Gasteiger partial charge in [0.2, 0.25) is 11.8 Å². The van der Waals surface area contributed by atoms with Crippen LogP contribution < -0.4 is 15.5 Å². The summed E-state index contributed by atoms with van der Waals surface area (Å²) in [6, 6.07) is 23.0. The van der Waals surface area contributed by atoms with Crippen molar-refractivity contribution in [3.05, 3.63) is 83.9 Å². The average Bonchev–Trinajstić information content (AvgIpc) is 3.48. The minimum absolute atomic E-state index is 0.0293. The van der Waals surface area contributed by atoms with Crippen molar-refractivity contribution in [3.8, 4) is 22.5 Å². The summed E-state index contributed by atoms with van der Waals surface area (Å²) in [5, 5.41) is 20.3. The van der Waals surface area contributed by atoms with E-state index in [9.17, 15) is 14.4 Å². The number of alkyl carbamates (subject to hydrolysis) is 1. The zero-order valence-electron chi connectivity index (χ0n) is 26.3. The van der Waals surface area contributed by atoms with Crippen LogP contribution in [0.15, 0.2) is 72.8 Å². The molecule has 0 unspecified atom stereocenters. The van der Waals surface area contributed by atoms with E-state index in [1.54, 1.807) is 39.5 Å². The number of carbonyl (C=O) groups is 3. The van der Waals surface area contributed by atoms with E-state index >= 15 is 0 Å². The molecule has 4 aromatic rings. The van der Waals surface area contributed by atoms with Crippen LogP contribution in [-0.4, -0.2) is 55.7 Å². The Morgan fingerprint density at radius 2 is 1.71 bits per heavy atom. The summed E-state index contributed by atoms with van der Waals surface area (Å²) < 4.78 is 5.35. The summed E-state index contributed by atoms with van der Waals surface area (Å²) in [6.07, 6.45) is 0.426. The van der Waals surface area contributed by atoms with Gasteiger partial charge in [0.15, 0.2) is 5.82 Å². The fourth-order valence-corrected chi connectivity index (χ4v) is 5.49. The van der Waals surface area contributed by atoms with Crippen LogP contribution >= 0.6 is 0 Å². The first kappa shape index (κ1) is 31.4. The third-order valence-corrected chi connectivity index (χ3v) is 7.44. The van der Waals surface area contributed by atoms with Crippen molar-refractivity contribution in [2.24, 2.45) is 0 Å². The first-order chi connectivity index (χ1) is 21.4. The van der Waals surface area contributed by atoms with Crippen molar-refractivity contribution >= 4 is 23.6 Å². The number of anilines is 1. The number of rotatable bonds is 8. The number of hydrogen-bond donors (Lipinski definition) is 3. The lowest BCUT2D eigenvalue weighted by Crippen LogP contribution is -2.52. The monoisotopic (exact) mass is 609 g/mol. The Balaban J connectivity index is 1.38. The molecule has 0 saturated heterocycles. The van der Waals surface area contributed by atoms with Crippen LogP contribution in [0.25, 0.3) is 22.5 Å². The molecule has 11 heteroatoms. The highest BCUT2D eigenvalue weighted by atomic mass is 16.6. The van der Waals surface area contributed by atoms with E-state index < -0.39 is 23.3 Å². The smallest absolute Gasteiger partial charge is 0.408 e. The number of aromatic nitrogens is 4. The topological polar surface area (TPSA) is 142 Å². The number of amides is 3. The number of para-hydroxylation sites is 1. The Kier molecular flexibility index (Phi) is 8.99. The van der Waals surface area contributed by atoms with E-state index in [1.807, 2.05) is 72.8 Å². The molecule has 0 fully saturated rings. The SMILES string of the molecule is CC(C)(CC(=O)N[C@@H]1CCc2ccccc2N(Cc2ccc(-c3ccccc3)c(-c3nnn[nH]3)c2)C1=O)NC(=O)OC(C)(C)C. The number of tetrazole rings is 1. The molecule has 0 bridgehead atoms. The second-order valence-electron chi connectivity index (χ2n) is 12.9. The number of H-pyrrole nitrogens is 1. The Hall–Kier alpha value is -5.06. The molecule has 3 amide bonds. The molecule has 3 aromatic carbocycles. The molecular weight excluding hydrogens is 570 g/mol. The van der Waals surface area contributed by atoms with Crippen molar-refractivity contribution in [3.63, 3.8) is 0 Å². The summed E-state index contributed by atoms with van der Waals surface area (Å²) >= 11 is 0. The van der Waals surface area contributed by atoms with E-state index in [4.69, 9.17) is 4.74 Å². The van der Waals surface area contributed by atoms with E-state index in [2.05, 4.69) is 31.3 Å². The van der Waals surface area contributed by atoms with Gasteiger partial charge >= 0.3 is 6.09 Å². The second-order valence-corrected chi connectivity index (χ2v) is 12.9. The van der Waals surface area contributed by atoms with Crippen LogP contribution in [0, 0.1) is 0 Å². The summed E-state index contributed by atoms with van der Waals surface area (Å²) in [7, 11) is 0. The molecule has 5 rings (SSSR count). The molecule has 0 saturated carbocycles. The van der Waals surface area contributed by atoms with E-state index in [-0.39, 0.29) is 24.8 Å². The summed E-state index contributed by atoms with van der Waals surface area (Å²) in [6.45, 7) is 9.09. The van der Waals surface area contributed by atoms with Crippen molar-refractivity contribution in [2.45, 2.75) is 77.6 Å². The van der Waals surface area contributed by atoms with E-state index in [0.29, 0.717) is 18.7 Å². The normalized spacial score (nSPS) is 15.2. The van der Waals surface area contributed by atoms with Crippen LogP contribution in [0.4, 0.5) is 10.5 Å². The lowest BCUT2D eigenvalue weighted by Gasteiger charge is -2.30. The van der Waals surface area contributed by atoms with Crippen LogP contribution in [0.1, 0.15) is 58.6 Å². The highest BCUT2D eigenvalue weighted by Crippen LogP contribution is 2.33. The predicted molar refractivity (Wildman–Crippen MR) is 171 cm³/mol. The van der Waals surface area contributed by atoms with Crippen LogP contribution in [0.2, 0.25) is 0 Å². The lowest BCUT2D eigenvalue weighted by molar-refractivity contribution is -0.128. The first-order valence-corrected chi connectivity index (χ1v) is 15.0. The zero-order chi connectivity index (χ0) is 32.2. The summed E-state index contributed by atoms with van der Waals surface area (Å²) in [5.41, 5.74) is 3.92. The van der Waals surface area contributed by atoms with Crippen LogP contribution in [0.5, 0.6) is 0 Å². The molecule has 0 radical (unpaired) electrons. The first-order valence-electron chi connectivity index (χ1n) is 15.0. The summed E-state index contributed by atoms with van der Waals surface area (Å²) in [4.78, 5) is 41.5. The third kappa shape index (κ3) is 7.91. The van der Waals surface area contributed by atoms with Gasteiger partial charge in [0.25, 0.3) is 0 Å². The Morgan fingerprint density at radius 3 is 2.42 bits per heavy atom. The number of aryl methyl sites for hydroxylation is 1. The van der Waals surface area contributed by atoms with Gasteiger partial charge in [-0.2, -0.15) is 0 Å². The number of benzene rings is 3. The number of nitrogens with one attached hydrogen (secondary N) is 3. The van der Waals surface area contributed by atoms with Crippen LogP contribution in [0.3, 0.4) is 0 Å². The summed E-state index contributed by atoms with van der Waals surface area (Å²) in [5.74, 6) is -0.0279. The largest absolute Gasteiger partial charge is 0.444 e. The van der Waals surface area contributed by atoms with Crippen LogP contribution in [-0.2, 0) is 27.3 Å². The number of fused-ring (bicyclic) bond motifs is 1. The molecule has 0 spiro atoms. The Bertz CT molecular complexity index is 1660. The molecule has 2 heterocycles. The molecule has 45 heavy (non-hydrogen) atoms. The fourth-order valence-electron chi connectivity index (χ4n) is 5.49. The number of ether oxygens (including phenoxy) is 1. The molecule has 0 aliphatic carbocycles. The minimum atomic E-state index is -0.894. The molecule has 1 aliphatic heterocycles. The standard InChI is InChI=1S/C34H39N7O4/c1-33(2,3)45-32(44)36-34(4,5)20-29(42)35-27-18-16-24-13-9-10-14-28(24)41(31(27)43)21-22-15-17-25(23-11-7-6-8-12-23)26(19-22)30-37-39-40-38-30/h6-15,17,19,27H,16,18,20-21H2,1-5H3,(H,35,42)(H,36,44)(H,37,38,39,40)/t27-/m1/s1. The number of nitrogens with zero attached hydrogens (tertiary/aromatic N) is 4. The number of carbonyl (C=O) groups excluding carboxylic acids is 3. The van der Waals surface area contributed by atoms with Gasteiger partial charge in [-0.1, -0.05) is 60.7 Å². The molecule has 1 aliphatic rings. The van der Waals surface area contributed by atoms with Crippen molar-refractivity contribution in [2.75, 3.05) is 4.90 Å². The molecule has 3 N–H and O–H groups in total. The Morgan fingerprint density at radius 1 is 0.978 bits per heavy atom. The molecule has 11 nitrogen and oxygen atoms in total. The van der Waals surface area contributed by atoms with Crippen molar-refractivity contribution < 1.29 is 19.1 Å². The number of hydrogen-bond acceptors (Lipinski definition) is 7. The van der Waals surface area contributed by atoms with Gasteiger partial charge in [-0.3, -0.25) is 9.59 Å². The highest BCUT2D eigenvalue weighted by Gasteiger charge is 2.34. The second kappa shape index (κ2) is 12.9. The molecule has 234 valence electrons. The van der Waals surface area contributed by atoms with Crippen molar-refractivity contribution in [1.82, 2.24) is 31.3 Å². The van der Waals surface area contributed by atoms with Gasteiger partial charge < -0.3 is 20.3 Å². The maximum atomic E-state index is 14.1. The van der Waals surface area contributed by atoms with Gasteiger partial charge in [0.05, 0.1) is 6.54 Å². The average molecular weight is 610 g/mol. The molecular formula is C34H39N7O4.